The van der Waals surface area contributed by atoms with Gasteiger partial charge in [0.15, 0.2) is 4.77 Å². The zero-order valence-corrected chi connectivity index (χ0v) is 13.3. The average molecular weight is 334 g/mol. The first kappa shape index (κ1) is 14.5. The fourth-order valence-electron chi connectivity index (χ4n) is 4.34. The van der Waals surface area contributed by atoms with Gasteiger partial charge in [-0.2, -0.15) is 0 Å². The van der Waals surface area contributed by atoms with E-state index in [1.165, 1.54) is 0 Å². The van der Waals surface area contributed by atoms with Gasteiger partial charge in [0.1, 0.15) is 5.52 Å². The van der Waals surface area contributed by atoms with Crippen molar-refractivity contribution in [2.24, 2.45) is 11.8 Å². The monoisotopic (exact) mass is 334 g/mol. The van der Waals surface area contributed by atoms with Crippen molar-refractivity contribution in [1.29, 1.82) is 0 Å². The number of hydrogen-bond donors (Lipinski definition) is 3. The van der Waals surface area contributed by atoms with Crippen LogP contribution in [0.4, 0.5) is 4.79 Å². The number of likely N-dealkylation sites (tertiary alicyclic amines) is 1. The van der Waals surface area contributed by atoms with Crippen molar-refractivity contribution in [3.05, 3.63) is 27.4 Å². The largest absolute Gasteiger partial charge is 0.465 e. The number of nitrogens with one attached hydrogen (secondary N) is 2. The molecule has 1 saturated carbocycles. The van der Waals surface area contributed by atoms with Crippen LogP contribution in [0.25, 0.3) is 11.0 Å². The highest BCUT2D eigenvalue weighted by atomic mass is 32.1. The highest BCUT2D eigenvalue weighted by molar-refractivity contribution is 7.71. The van der Waals surface area contributed by atoms with Gasteiger partial charge in [0, 0.05) is 19.3 Å². The SMILES string of the molecule is O=C(O)N1CC2CCCC2C1Cn1c(=S)[nH]c(=O)c2[nH]ccc21. The number of rotatable bonds is 2. The Morgan fingerprint density at radius 2 is 2.26 bits per heavy atom. The Bertz CT molecular complexity index is 883. The molecule has 4 rings (SSSR count). The van der Waals surface area contributed by atoms with Crippen LogP contribution >= 0.6 is 12.2 Å². The Labute approximate surface area is 136 Å². The minimum atomic E-state index is -0.870. The Morgan fingerprint density at radius 1 is 1.43 bits per heavy atom. The summed E-state index contributed by atoms with van der Waals surface area (Å²) < 4.78 is 2.19. The summed E-state index contributed by atoms with van der Waals surface area (Å²) in [6.45, 7) is 1.09. The second kappa shape index (κ2) is 5.23. The van der Waals surface area contributed by atoms with E-state index in [1.54, 1.807) is 11.1 Å². The van der Waals surface area contributed by atoms with Gasteiger partial charge in [-0.3, -0.25) is 9.78 Å². The third-order valence-electron chi connectivity index (χ3n) is 5.37. The molecule has 1 amide bonds. The number of amides is 1. The molecule has 0 bridgehead atoms. The van der Waals surface area contributed by atoms with E-state index in [-0.39, 0.29) is 11.6 Å². The summed E-state index contributed by atoms with van der Waals surface area (Å²) in [7, 11) is 0. The molecule has 23 heavy (non-hydrogen) atoms. The first-order valence-corrected chi connectivity index (χ1v) is 8.27. The minimum absolute atomic E-state index is 0.0873. The highest BCUT2D eigenvalue weighted by Crippen LogP contribution is 2.42. The quantitative estimate of drug-likeness (QED) is 0.734. The number of H-pyrrole nitrogens is 2. The molecule has 2 aromatic rings. The molecule has 7 nitrogen and oxygen atoms in total. The van der Waals surface area contributed by atoms with Crippen molar-refractivity contribution in [2.75, 3.05) is 6.54 Å². The van der Waals surface area contributed by atoms with Crippen molar-refractivity contribution >= 4 is 29.3 Å². The molecule has 122 valence electrons. The Balaban J connectivity index is 1.77. The van der Waals surface area contributed by atoms with Crippen molar-refractivity contribution in [3.63, 3.8) is 0 Å². The lowest BCUT2D eigenvalue weighted by atomic mass is 9.94. The third kappa shape index (κ3) is 2.20. The Morgan fingerprint density at radius 3 is 3.04 bits per heavy atom. The molecule has 3 heterocycles. The second-order valence-electron chi connectivity index (χ2n) is 6.46. The number of carbonyl (C=O) groups is 1. The van der Waals surface area contributed by atoms with Gasteiger partial charge >= 0.3 is 6.09 Å². The number of aromatic amines is 2. The van der Waals surface area contributed by atoms with Crippen molar-refractivity contribution < 1.29 is 9.90 Å². The first-order valence-electron chi connectivity index (χ1n) is 7.86. The van der Waals surface area contributed by atoms with E-state index in [2.05, 4.69) is 9.97 Å². The fourth-order valence-corrected chi connectivity index (χ4v) is 4.61. The normalized spacial score (nSPS) is 26.8. The predicted octanol–water partition coefficient (Wildman–Crippen LogP) is 2.17. The lowest BCUT2D eigenvalue weighted by Crippen LogP contribution is -2.40. The third-order valence-corrected chi connectivity index (χ3v) is 5.69. The maximum absolute atomic E-state index is 11.9. The zero-order valence-electron chi connectivity index (χ0n) is 12.5. The molecule has 2 aliphatic rings. The van der Waals surface area contributed by atoms with Gasteiger partial charge in [0.05, 0.1) is 11.6 Å². The van der Waals surface area contributed by atoms with Crippen LogP contribution in [-0.4, -0.2) is 43.2 Å². The number of fused-ring (bicyclic) bond motifs is 2. The van der Waals surface area contributed by atoms with Crippen LogP contribution in [0, 0.1) is 16.6 Å². The van der Waals surface area contributed by atoms with E-state index >= 15 is 0 Å². The van der Waals surface area contributed by atoms with Gasteiger partial charge in [-0.1, -0.05) is 6.42 Å². The lowest BCUT2D eigenvalue weighted by Gasteiger charge is -2.26. The molecule has 0 radical (unpaired) electrons. The average Bonchev–Trinajstić information content (AvgIpc) is 3.19. The zero-order chi connectivity index (χ0) is 16.1. The Hall–Kier alpha value is -2.09. The van der Waals surface area contributed by atoms with Crippen LogP contribution in [0.15, 0.2) is 17.1 Å². The van der Waals surface area contributed by atoms with E-state index in [4.69, 9.17) is 12.2 Å². The van der Waals surface area contributed by atoms with E-state index in [9.17, 15) is 14.7 Å². The standard InChI is InChI=1S/C15H18N4O3S/c20-13-12-10(4-5-16-12)18(14(23)17-13)7-11-9-3-1-2-8(9)6-19(11)15(21)22/h4-5,8-9,11,16H,1-3,6-7H2,(H,21,22)(H,17,20,23). The highest BCUT2D eigenvalue weighted by Gasteiger charge is 2.46. The Kier molecular flexibility index (Phi) is 3.29. The van der Waals surface area contributed by atoms with Crippen LogP contribution in [0.5, 0.6) is 0 Å². The van der Waals surface area contributed by atoms with Crippen LogP contribution in [-0.2, 0) is 6.54 Å². The topological polar surface area (TPSA) is 94.1 Å². The molecule has 3 N–H and O–H groups in total. The van der Waals surface area contributed by atoms with Gasteiger partial charge in [-0.25, -0.2) is 4.79 Å². The molecule has 1 aliphatic heterocycles. The van der Waals surface area contributed by atoms with Crippen LogP contribution < -0.4 is 5.56 Å². The van der Waals surface area contributed by atoms with Gasteiger partial charge in [0.25, 0.3) is 5.56 Å². The molecule has 2 fully saturated rings. The summed E-state index contributed by atoms with van der Waals surface area (Å²) in [5.41, 5.74) is 0.957. The molecule has 0 spiro atoms. The maximum Gasteiger partial charge on any atom is 0.407 e. The maximum atomic E-state index is 11.9. The van der Waals surface area contributed by atoms with E-state index < -0.39 is 6.09 Å². The summed E-state index contributed by atoms with van der Waals surface area (Å²) in [5, 5.41) is 9.53. The molecule has 2 aromatic heterocycles. The smallest absolute Gasteiger partial charge is 0.407 e. The van der Waals surface area contributed by atoms with Gasteiger partial charge in [-0.15, -0.1) is 0 Å². The van der Waals surface area contributed by atoms with Gasteiger partial charge < -0.3 is 19.6 Å². The van der Waals surface area contributed by atoms with Gasteiger partial charge in [0.2, 0.25) is 0 Å². The second-order valence-corrected chi connectivity index (χ2v) is 6.85. The summed E-state index contributed by atoms with van der Waals surface area (Å²) in [5.74, 6) is 0.837. The fraction of sp³-hybridized carbons (Fsp3) is 0.533. The van der Waals surface area contributed by atoms with E-state index in [1.807, 2.05) is 10.6 Å². The summed E-state index contributed by atoms with van der Waals surface area (Å²) in [4.78, 5) is 30.7. The number of hydrogen-bond acceptors (Lipinski definition) is 3. The van der Waals surface area contributed by atoms with Crippen molar-refractivity contribution in [3.8, 4) is 0 Å². The number of carboxylic acid groups (broad SMARTS) is 1. The van der Waals surface area contributed by atoms with Gasteiger partial charge in [-0.05, 0) is 43.0 Å². The summed E-state index contributed by atoms with van der Waals surface area (Å²) >= 11 is 5.32. The van der Waals surface area contributed by atoms with Crippen molar-refractivity contribution in [1.82, 2.24) is 19.4 Å². The van der Waals surface area contributed by atoms with Crippen LogP contribution in [0.3, 0.4) is 0 Å². The summed E-state index contributed by atoms with van der Waals surface area (Å²) in [6, 6.07) is 1.72. The number of aromatic nitrogens is 3. The number of nitrogens with zero attached hydrogens (tertiary/aromatic N) is 2. The molecule has 3 unspecified atom stereocenters. The lowest BCUT2D eigenvalue weighted by molar-refractivity contribution is 0.128. The molecule has 3 atom stereocenters. The molecule has 1 aliphatic carbocycles. The molecular weight excluding hydrogens is 316 g/mol. The van der Waals surface area contributed by atoms with Crippen molar-refractivity contribution in [2.45, 2.75) is 31.8 Å². The summed E-state index contributed by atoms with van der Waals surface area (Å²) in [6.07, 6.45) is 4.15. The molecule has 0 aromatic carbocycles. The predicted molar refractivity (Wildman–Crippen MR) is 87.1 cm³/mol. The minimum Gasteiger partial charge on any atom is -0.465 e. The van der Waals surface area contributed by atoms with E-state index in [0.717, 1.165) is 24.8 Å². The van der Waals surface area contributed by atoms with Crippen LogP contribution in [0.1, 0.15) is 19.3 Å². The van der Waals surface area contributed by atoms with E-state index in [0.29, 0.717) is 35.2 Å². The molecular formula is C15H18N4O3S. The van der Waals surface area contributed by atoms with Crippen LogP contribution in [0.2, 0.25) is 0 Å². The first-order chi connectivity index (χ1) is 11.1. The molecule has 8 heteroatoms. The molecule has 1 saturated heterocycles.